The van der Waals surface area contributed by atoms with E-state index in [4.69, 9.17) is 0 Å². The third-order valence-electron chi connectivity index (χ3n) is 4.79. The molecule has 26 heavy (non-hydrogen) atoms. The molecule has 2 aromatic carbocycles. The van der Waals surface area contributed by atoms with Crippen LogP contribution < -0.4 is 9.44 Å². The Morgan fingerprint density at radius 2 is 1.46 bits per heavy atom. The van der Waals surface area contributed by atoms with E-state index in [-0.39, 0.29) is 12.6 Å². The minimum absolute atomic E-state index is 0.0600. The predicted octanol–water partition coefficient (Wildman–Crippen LogP) is 2.84. The second-order valence-electron chi connectivity index (χ2n) is 6.68. The van der Waals surface area contributed by atoms with E-state index in [1.807, 2.05) is 48.5 Å². The third-order valence-corrected chi connectivity index (χ3v) is 5.86. The van der Waals surface area contributed by atoms with Crippen LogP contribution in [0.3, 0.4) is 0 Å². The zero-order valence-electron chi connectivity index (χ0n) is 15.0. The molecule has 2 aromatic rings. The summed E-state index contributed by atoms with van der Waals surface area (Å²) in [5.74, 6) is 0. The SMILES string of the molecule is O=S(=O)(NCc1ccccc1)NC[C@@H](c1ccccc1)N1CCCCC1. The van der Waals surface area contributed by atoms with E-state index in [1.165, 1.54) is 19.3 Å². The first-order valence-electron chi connectivity index (χ1n) is 9.21. The van der Waals surface area contributed by atoms with Gasteiger partial charge in [-0.25, -0.2) is 4.72 Å². The lowest BCUT2D eigenvalue weighted by molar-refractivity contribution is 0.164. The third kappa shape index (κ3) is 5.64. The molecule has 1 saturated heterocycles. The Morgan fingerprint density at radius 3 is 2.12 bits per heavy atom. The van der Waals surface area contributed by atoms with Crippen LogP contribution >= 0.6 is 0 Å². The molecule has 1 aliphatic heterocycles. The first-order chi connectivity index (χ1) is 12.6. The highest BCUT2D eigenvalue weighted by molar-refractivity contribution is 7.87. The van der Waals surface area contributed by atoms with Crippen LogP contribution in [-0.4, -0.2) is 33.0 Å². The lowest BCUT2D eigenvalue weighted by atomic mass is 10.0. The largest absolute Gasteiger partial charge is 0.295 e. The fourth-order valence-corrected chi connectivity index (χ4v) is 4.21. The highest BCUT2D eigenvalue weighted by atomic mass is 32.2. The summed E-state index contributed by atoms with van der Waals surface area (Å²) in [5, 5.41) is 0. The van der Waals surface area contributed by atoms with Crippen molar-refractivity contribution in [1.29, 1.82) is 0 Å². The van der Waals surface area contributed by atoms with Gasteiger partial charge in [0.05, 0.1) is 0 Å². The van der Waals surface area contributed by atoms with Crippen molar-refractivity contribution < 1.29 is 8.42 Å². The van der Waals surface area contributed by atoms with E-state index in [0.717, 1.165) is 24.2 Å². The second-order valence-corrected chi connectivity index (χ2v) is 8.27. The van der Waals surface area contributed by atoms with Gasteiger partial charge >= 0.3 is 0 Å². The molecule has 140 valence electrons. The molecule has 1 heterocycles. The normalized spacial score (nSPS) is 17.1. The molecule has 1 aliphatic rings. The molecule has 0 unspecified atom stereocenters. The highest BCUT2D eigenvalue weighted by Gasteiger charge is 2.23. The zero-order chi connectivity index (χ0) is 18.2. The van der Waals surface area contributed by atoms with Gasteiger partial charge in [0.2, 0.25) is 0 Å². The van der Waals surface area contributed by atoms with E-state index in [0.29, 0.717) is 6.54 Å². The van der Waals surface area contributed by atoms with Crippen molar-refractivity contribution in [3.05, 3.63) is 71.8 Å². The quantitative estimate of drug-likeness (QED) is 0.748. The van der Waals surface area contributed by atoms with Gasteiger partial charge in [-0.05, 0) is 37.1 Å². The molecule has 5 nitrogen and oxygen atoms in total. The smallest absolute Gasteiger partial charge is 0.277 e. The Labute approximate surface area is 156 Å². The summed E-state index contributed by atoms with van der Waals surface area (Å²) >= 11 is 0. The van der Waals surface area contributed by atoms with Crippen molar-refractivity contribution in [2.24, 2.45) is 0 Å². The minimum Gasteiger partial charge on any atom is -0.295 e. The zero-order valence-corrected chi connectivity index (χ0v) is 15.8. The maximum absolute atomic E-state index is 12.4. The molecule has 0 saturated carbocycles. The molecule has 0 aromatic heterocycles. The van der Waals surface area contributed by atoms with Gasteiger partial charge in [0.25, 0.3) is 10.2 Å². The number of rotatable bonds is 8. The molecule has 1 atom stereocenters. The highest BCUT2D eigenvalue weighted by Crippen LogP contribution is 2.24. The lowest BCUT2D eigenvalue weighted by Crippen LogP contribution is -2.43. The number of nitrogens with one attached hydrogen (secondary N) is 2. The molecule has 0 aliphatic carbocycles. The van der Waals surface area contributed by atoms with Crippen LogP contribution in [0.5, 0.6) is 0 Å². The van der Waals surface area contributed by atoms with Gasteiger partial charge in [-0.1, -0.05) is 67.1 Å². The predicted molar refractivity (Wildman–Crippen MR) is 105 cm³/mol. The molecule has 6 heteroatoms. The number of hydrogen-bond acceptors (Lipinski definition) is 3. The van der Waals surface area contributed by atoms with Crippen LogP contribution in [0.25, 0.3) is 0 Å². The monoisotopic (exact) mass is 373 g/mol. The first-order valence-corrected chi connectivity index (χ1v) is 10.7. The van der Waals surface area contributed by atoms with Gasteiger partial charge in [0.1, 0.15) is 0 Å². The summed E-state index contributed by atoms with van der Waals surface area (Å²) in [6, 6.07) is 19.7. The topological polar surface area (TPSA) is 61.4 Å². The van der Waals surface area contributed by atoms with Crippen LogP contribution in [0.2, 0.25) is 0 Å². The molecule has 0 bridgehead atoms. The maximum atomic E-state index is 12.4. The van der Waals surface area contributed by atoms with E-state index in [2.05, 4.69) is 26.5 Å². The molecule has 1 fully saturated rings. The van der Waals surface area contributed by atoms with Crippen molar-refractivity contribution in [2.45, 2.75) is 31.8 Å². The molecular formula is C20H27N3O2S. The number of piperidine rings is 1. The maximum Gasteiger partial charge on any atom is 0.277 e. The number of likely N-dealkylation sites (tertiary alicyclic amines) is 1. The van der Waals surface area contributed by atoms with Crippen molar-refractivity contribution in [3.8, 4) is 0 Å². The van der Waals surface area contributed by atoms with Crippen molar-refractivity contribution in [1.82, 2.24) is 14.3 Å². The van der Waals surface area contributed by atoms with E-state index >= 15 is 0 Å². The summed E-state index contributed by atoms with van der Waals surface area (Å²) in [7, 11) is -3.55. The van der Waals surface area contributed by atoms with Gasteiger partial charge in [0.15, 0.2) is 0 Å². The van der Waals surface area contributed by atoms with Crippen molar-refractivity contribution in [2.75, 3.05) is 19.6 Å². The Balaban J connectivity index is 1.62. The van der Waals surface area contributed by atoms with E-state index in [1.54, 1.807) is 0 Å². The number of nitrogens with zero attached hydrogens (tertiary/aromatic N) is 1. The summed E-state index contributed by atoms with van der Waals surface area (Å²) in [6.45, 7) is 2.68. The average molecular weight is 374 g/mol. The minimum atomic E-state index is -3.55. The van der Waals surface area contributed by atoms with Crippen molar-refractivity contribution in [3.63, 3.8) is 0 Å². The standard InChI is InChI=1S/C20H27N3O2S/c24-26(25,21-16-18-10-4-1-5-11-18)22-17-20(19-12-6-2-7-13-19)23-14-8-3-9-15-23/h1-2,4-7,10-13,20-22H,3,8-9,14-17H2/t20-/m0/s1. The van der Waals surface area contributed by atoms with Gasteiger partial charge in [-0.15, -0.1) is 0 Å². The summed E-state index contributed by atoms with van der Waals surface area (Å²) < 4.78 is 30.1. The Morgan fingerprint density at radius 1 is 0.846 bits per heavy atom. The molecule has 2 N–H and O–H groups in total. The Bertz CT molecular complexity index is 760. The van der Waals surface area contributed by atoms with Crippen LogP contribution in [-0.2, 0) is 16.8 Å². The van der Waals surface area contributed by atoms with E-state index < -0.39 is 10.2 Å². The Hall–Kier alpha value is -1.73. The van der Waals surface area contributed by atoms with Crippen LogP contribution in [0, 0.1) is 0 Å². The van der Waals surface area contributed by atoms with E-state index in [9.17, 15) is 8.42 Å². The molecule has 0 spiro atoms. The first kappa shape index (κ1) is 19.0. The molecular weight excluding hydrogens is 346 g/mol. The van der Waals surface area contributed by atoms with Gasteiger partial charge in [-0.3, -0.25) is 4.90 Å². The van der Waals surface area contributed by atoms with Gasteiger partial charge in [-0.2, -0.15) is 13.1 Å². The number of benzene rings is 2. The van der Waals surface area contributed by atoms with Crippen LogP contribution in [0.1, 0.15) is 36.4 Å². The summed E-state index contributed by atoms with van der Waals surface area (Å²) in [6.07, 6.45) is 3.59. The van der Waals surface area contributed by atoms with Crippen LogP contribution in [0.4, 0.5) is 0 Å². The fourth-order valence-electron chi connectivity index (χ4n) is 3.38. The number of hydrogen-bond donors (Lipinski definition) is 2. The van der Waals surface area contributed by atoms with Gasteiger partial charge in [0, 0.05) is 19.1 Å². The molecule has 0 amide bonds. The Kier molecular flexibility index (Phi) is 6.80. The lowest BCUT2D eigenvalue weighted by Gasteiger charge is -2.35. The van der Waals surface area contributed by atoms with Gasteiger partial charge < -0.3 is 0 Å². The van der Waals surface area contributed by atoms with Crippen LogP contribution in [0.15, 0.2) is 60.7 Å². The summed E-state index contributed by atoms with van der Waals surface area (Å²) in [4.78, 5) is 2.39. The fraction of sp³-hybridized carbons (Fsp3) is 0.400. The average Bonchev–Trinajstić information content (AvgIpc) is 2.69. The van der Waals surface area contributed by atoms with Crippen molar-refractivity contribution >= 4 is 10.2 Å². The second kappa shape index (κ2) is 9.28. The summed E-state index contributed by atoms with van der Waals surface area (Å²) in [5.41, 5.74) is 2.09. The molecule has 0 radical (unpaired) electrons. The molecule has 3 rings (SSSR count).